The molecule has 0 unspecified atom stereocenters. The van der Waals surface area contributed by atoms with E-state index in [4.69, 9.17) is 4.74 Å². The Labute approximate surface area is 215 Å². The Morgan fingerprint density at radius 1 is 0.973 bits per heavy atom. The molecule has 1 saturated heterocycles. The van der Waals surface area contributed by atoms with Gasteiger partial charge in [0.2, 0.25) is 0 Å². The van der Waals surface area contributed by atoms with Crippen molar-refractivity contribution >= 4 is 39.0 Å². The predicted molar refractivity (Wildman–Crippen MR) is 139 cm³/mol. The highest BCUT2D eigenvalue weighted by Crippen LogP contribution is 2.39. The molecular formula is C27H21F2N5O2S. The number of urea groups is 1. The van der Waals surface area contributed by atoms with Crippen LogP contribution in [0.2, 0.25) is 0 Å². The maximum atomic E-state index is 15.2. The normalized spacial score (nSPS) is 13.6. The minimum Gasteiger partial charge on any atom is -0.453 e. The molecular weight excluding hydrogens is 496 g/mol. The molecule has 5 aromatic rings. The number of fused-ring (bicyclic) bond motifs is 1. The molecule has 0 bridgehead atoms. The first-order valence-electron chi connectivity index (χ1n) is 11.7. The number of carbonyl (C=O) groups excluding carboxylic acids is 1. The van der Waals surface area contributed by atoms with Crippen LogP contribution in [0.1, 0.15) is 6.92 Å². The fourth-order valence-corrected chi connectivity index (χ4v) is 5.34. The summed E-state index contributed by atoms with van der Waals surface area (Å²) in [6.45, 7) is 3.47. The van der Waals surface area contributed by atoms with Gasteiger partial charge in [-0.3, -0.25) is 14.8 Å². The van der Waals surface area contributed by atoms with Crippen molar-refractivity contribution in [1.29, 1.82) is 0 Å². The van der Waals surface area contributed by atoms with Gasteiger partial charge in [0, 0.05) is 49.8 Å². The Bertz CT molecular complexity index is 1630. The number of rotatable bonds is 6. The second-order valence-corrected chi connectivity index (χ2v) is 9.53. The Balaban J connectivity index is 1.25. The molecule has 0 aliphatic carbocycles. The van der Waals surface area contributed by atoms with Crippen LogP contribution >= 0.6 is 11.3 Å². The molecule has 0 spiro atoms. The van der Waals surface area contributed by atoms with Crippen LogP contribution in [0, 0.1) is 11.6 Å². The molecule has 186 valence electrons. The summed E-state index contributed by atoms with van der Waals surface area (Å²) in [5, 5.41) is 0. The third-order valence-electron chi connectivity index (χ3n) is 6.23. The third-order valence-corrected chi connectivity index (χ3v) is 7.39. The molecule has 2 aromatic carbocycles. The van der Waals surface area contributed by atoms with Crippen LogP contribution in [0.25, 0.3) is 20.8 Å². The predicted octanol–water partition coefficient (Wildman–Crippen LogP) is 6.70. The number of hydrogen-bond donors (Lipinski definition) is 0. The van der Waals surface area contributed by atoms with Crippen molar-refractivity contribution in [3.8, 4) is 22.1 Å². The lowest BCUT2D eigenvalue weighted by atomic mass is 10.2. The van der Waals surface area contributed by atoms with E-state index in [9.17, 15) is 9.18 Å². The Morgan fingerprint density at radius 2 is 1.81 bits per heavy atom. The summed E-state index contributed by atoms with van der Waals surface area (Å²) < 4.78 is 38.1. The van der Waals surface area contributed by atoms with E-state index in [2.05, 4.69) is 9.97 Å². The van der Waals surface area contributed by atoms with Crippen LogP contribution in [0.4, 0.5) is 25.0 Å². The molecule has 1 fully saturated rings. The van der Waals surface area contributed by atoms with E-state index in [0.717, 1.165) is 27.3 Å². The number of aromatic nitrogens is 3. The van der Waals surface area contributed by atoms with Crippen molar-refractivity contribution in [2.45, 2.75) is 13.5 Å². The second-order valence-electron chi connectivity index (χ2n) is 8.48. The Hall–Kier alpha value is -4.31. The smallest absolute Gasteiger partial charge is 0.329 e. The van der Waals surface area contributed by atoms with E-state index in [-0.39, 0.29) is 11.4 Å². The topological polar surface area (TPSA) is 63.5 Å². The summed E-state index contributed by atoms with van der Waals surface area (Å²) in [6.07, 6.45) is 5.37. The molecule has 1 aliphatic heterocycles. The number of ether oxygens (including phenoxy) is 1. The van der Waals surface area contributed by atoms with Gasteiger partial charge in [-0.2, -0.15) is 0 Å². The van der Waals surface area contributed by atoms with Gasteiger partial charge in [0.1, 0.15) is 11.6 Å². The average molecular weight is 518 g/mol. The van der Waals surface area contributed by atoms with Gasteiger partial charge in [-0.05, 0) is 37.3 Å². The molecule has 0 saturated carbocycles. The van der Waals surface area contributed by atoms with Gasteiger partial charge in [0.15, 0.2) is 11.6 Å². The van der Waals surface area contributed by atoms with Gasteiger partial charge in [-0.15, -0.1) is 11.3 Å². The molecule has 1 aliphatic rings. The van der Waals surface area contributed by atoms with Gasteiger partial charge in [-0.1, -0.05) is 12.1 Å². The number of aryl methyl sites for hydroxylation is 1. The van der Waals surface area contributed by atoms with Gasteiger partial charge in [-0.25, -0.2) is 18.6 Å². The zero-order valence-corrected chi connectivity index (χ0v) is 20.6. The van der Waals surface area contributed by atoms with Crippen molar-refractivity contribution in [2.75, 3.05) is 22.9 Å². The SMILES string of the molecule is CCn1cnc(-c2cc3nccc(Oc4ccc(N5CCN(c6ccccc6F)C5=O)cc4F)c3s2)c1. The molecule has 2 amide bonds. The first-order valence-corrected chi connectivity index (χ1v) is 12.5. The molecule has 3 aromatic heterocycles. The summed E-state index contributed by atoms with van der Waals surface area (Å²) in [7, 11) is 0. The standard InChI is InChI=1S/C27H21F2N5O2S/c1-2-32-15-21(31-16-32)25-14-20-26(37-25)24(9-10-30-20)36-23-8-7-17(13-19(23)29)33-11-12-34(27(33)35)22-6-4-3-5-18(22)28/h3-10,13-16H,2,11-12H2,1H3. The van der Waals surface area contributed by atoms with Crippen LogP contribution in [0.3, 0.4) is 0 Å². The van der Waals surface area contributed by atoms with Gasteiger partial charge in [0.05, 0.1) is 32.8 Å². The first kappa shape index (κ1) is 23.1. The largest absolute Gasteiger partial charge is 0.453 e. The molecule has 0 radical (unpaired) electrons. The second kappa shape index (κ2) is 9.29. The van der Waals surface area contributed by atoms with Gasteiger partial charge < -0.3 is 9.30 Å². The number of pyridine rings is 1. The van der Waals surface area contributed by atoms with E-state index in [0.29, 0.717) is 24.5 Å². The fourth-order valence-electron chi connectivity index (χ4n) is 4.31. The van der Waals surface area contributed by atoms with E-state index in [1.165, 1.54) is 39.3 Å². The minimum absolute atomic E-state index is 0.0269. The summed E-state index contributed by atoms with van der Waals surface area (Å²) >= 11 is 1.47. The summed E-state index contributed by atoms with van der Waals surface area (Å²) in [5.74, 6) is -0.588. The zero-order chi connectivity index (χ0) is 25.5. The number of carbonyl (C=O) groups is 1. The zero-order valence-electron chi connectivity index (χ0n) is 19.8. The van der Waals surface area contributed by atoms with Crippen molar-refractivity contribution in [3.63, 3.8) is 0 Å². The minimum atomic E-state index is -0.613. The maximum absolute atomic E-state index is 15.2. The number of anilines is 2. The van der Waals surface area contributed by atoms with E-state index in [1.807, 2.05) is 23.8 Å². The number of para-hydroxylation sites is 1. The molecule has 10 heteroatoms. The molecule has 37 heavy (non-hydrogen) atoms. The van der Waals surface area contributed by atoms with E-state index in [1.54, 1.807) is 42.9 Å². The van der Waals surface area contributed by atoms with Crippen LogP contribution in [-0.2, 0) is 6.54 Å². The Kier molecular flexibility index (Phi) is 5.80. The number of benzene rings is 2. The van der Waals surface area contributed by atoms with Crippen molar-refractivity contribution in [1.82, 2.24) is 14.5 Å². The number of hydrogen-bond acceptors (Lipinski definition) is 5. The third kappa shape index (κ3) is 4.19. The van der Waals surface area contributed by atoms with Crippen LogP contribution < -0.4 is 14.5 Å². The summed E-state index contributed by atoms with van der Waals surface area (Å²) in [4.78, 5) is 25.5. The highest BCUT2D eigenvalue weighted by Gasteiger charge is 2.32. The summed E-state index contributed by atoms with van der Waals surface area (Å²) in [6, 6.07) is 13.7. The number of thiophene rings is 1. The Morgan fingerprint density at radius 3 is 2.59 bits per heavy atom. The number of nitrogens with zero attached hydrogens (tertiary/aromatic N) is 5. The lowest BCUT2D eigenvalue weighted by Crippen LogP contribution is -2.32. The van der Waals surface area contributed by atoms with Crippen LogP contribution in [0.15, 0.2) is 73.3 Å². The average Bonchev–Trinajstić information content (AvgIpc) is 3.64. The molecule has 6 rings (SSSR count). The number of imidazole rings is 1. The first-order chi connectivity index (χ1) is 18.0. The van der Waals surface area contributed by atoms with Crippen LogP contribution in [-0.4, -0.2) is 33.7 Å². The van der Waals surface area contributed by atoms with E-state index < -0.39 is 17.7 Å². The van der Waals surface area contributed by atoms with Gasteiger partial charge >= 0.3 is 6.03 Å². The van der Waals surface area contributed by atoms with Crippen molar-refractivity contribution < 1.29 is 18.3 Å². The van der Waals surface area contributed by atoms with Gasteiger partial charge in [0.25, 0.3) is 0 Å². The van der Waals surface area contributed by atoms with Crippen LogP contribution in [0.5, 0.6) is 11.5 Å². The number of amides is 2. The quantitative estimate of drug-likeness (QED) is 0.252. The molecule has 0 atom stereocenters. The highest BCUT2D eigenvalue weighted by molar-refractivity contribution is 7.22. The highest BCUT2D eigenvalue weighted by atomic mass is 32.1. The molecule has 4 heterocycles. The van der Waals surface area contributed by atoms with Crippen molar-refractivity contribution in [3.05, 3.63) is 85.0 Å². The fraction of sp³-hybridized carbons (Fsp3) is 0.148. The monoisotopic (exact) mass is 517 g/mol. The summed E-state index contributed by atoms with van der Waals surface area (Å²) in [5.41, 5.74) is 2.15. The van der Waals surface area contributed by atoms with E-state index >= 15 is 4.39 Å². The molecule has 7 nitrogen and oxygen atoms in total. The lowest BCUT2D eigenvalue weighted by molar-refractivity contribution is 0.255. The lowest BCUT2D eigenvalue weighted by Gasteiger charge is -2.19. The number of halogens is 2. The molecule has 0 N–H and O–H groups in total. The maximum Gasteiger partial charge on any atom is 0.329 e. The van der Waals surface area contributed by atoms with Crippen molar-refractivity contribution in [2.24, 2.45) is 0 Å².